The van der Waals surface area contributed by atoms with Crippen LogP contribution in [-0.4, -0.2) is 14.2 Å². The lowest BCUT2D eigenvalue weighted by atomic mass is 9.98. The molecule has 2 rings (SSSR count). The highest BCUT2D eigenvalue weighted by Gasteiger charge is 2.19. The van der Waals surface area contributed by atoms with Crippen molar-refractivity contribution in [3.63, 3.8) is 0 Å². The molecule has 0 bridgehead atoms. The zero-order valence-corrected chi connectivity index (χ0v) is 15.9. The quantitative estimate of drug-likeness (QED) is 0.605. The summed E-state index contributed by atoms with van der Waals surface area (Å²) in [5, 5.41) is 3.91. The van der Waals surface area contributed by atoms with Gasteiger partial charge in [0.25, 0.3) is 0 Å². The molecule has 1 unspecified atom stereocenters. The number of hydrogen-bond donors (Lipinski definition) is 1. The highest BCUT2D eigenvalue weighted by molar-refractivity contribution is 14.1. The Balaban J connectivity index is 2.55. The Hall–Kier alpha value is -0.370. The third kappa shape index (κ3) is 3.70. The van der Waals surface area contributed by atoms with Crippen molar-refractivity contribution >= 4 is 50.1 Å². The lowest BCUT2D eigenvalue weighted by molar-refractivity contribution is 0.401. The molecule has 0 aliphatic heterocycles. The molecule has 6 heteroatoms. The predicted molar refractivity (Wildman–Crippen MR) is 95.7 cm³/mol. The molecule has 0 heterocycles. The fraction of sp³-hybridized carbons (Fsp3) is 0.200. The largest absolute Gasteiger partial charge is 0.496 e. The molecule has 2 aromatic rings. The van der Waals surface area contributed by atoms with Crippen molar-refractivity contribution < 1.29 is 9.13 Å². The van der Waals surface area contributed by atoms with E-state index in [0.717, 1.165) is 14.7 Å². The van der Waals surface area contributed by atoms with E-state index in [0.29, 0.717) is 15.2 Å². The number of benzene rings is 2. The summed E-state index contributed by atoms with van der Waals surface area (Å²) in [4.78, 5) is 0. The zero-order valence-electron chi connectivity index (χ0n) is 11.4. The van der Waals surface area contributed by atoms with E-state index in [2.05, 4.69) is 43.8 Å². The molecule has 0 amide bonds. The average molecular weight is 485 g/mol. The molecule has 2 nitrogen and oxygen atoms in total. The minimum Gasteiger partial charge on any atom is -0.496 e. The van der Waals surface area contributed by atoms with Gasteiger partial charge in [0.15, 0.2) is 0 Å². The molecule has 1 atom stereocenters. The molecule has 0 fully saturated rings. The maximum atomic E-state index is 13.7. The summed E-state index contributed by atoms with van der Waals surface area (Å²) in [7, 11) is 3.37. The van der Waals surface area contributed by atoms with Crippen LogP contribution < -0.4 is 10.1 Å². The number of halogens is 4. The molecule has 112 valence electrons. The molecule has 0 saturated carbocycles. The summed E-state index contributed by atoms with van der Waals surface area (Å²) in [5.74, 6) is 0.135. The monoisotopic (exact) mass is 483 g/mol. The van der Waals surface area contributed by atoms with Gasteiger partial charge in [0, 0.05) is 15.2 Å². The molecule has 2 aromatic carbocycles. The lowest BCUT2D eigenvalue weighted by Crippen LogP contribution is -2.18. The minimum absolute atomic E-state index is 0.147. The second kappa shape index (κ2) is 7.26. The Kier molecular flexibility index (Phi) is 5.88. The van der Waals surface area contributed by atoms with Crippen LogP contribution in [0, 0.1) is 9.39 Å². The minimum atomic E-state index is -0.355. The van der Waals surface area contributed by atoms with Crippen molar-refractivity contribution in [2.75, 3.05) is 14.2 Å². The van der Waals surface area contributed by atoms with E-state index in [1.54, 1.807) is 6.07 Å². The van der Waals surface area contributed by atoms with Gasteiger partial charge in [-0.15, -0.1) is 0 Å². The number of ether oxygens (including phenoxy) is 1. The highest BCUT2D eigenvalue weighted by atomic mass is 127. The molecule has 21 heavy (non-hydrogen) atoms. The Labute approximate surface area is 150 Å². The second-order valence-corrected chi connectivity index (χ2v) is 6.83. The van der Waals surface area contributed by atoms with E-state index < -0.39 is 0 Å². The first-order valence-electron chi connectivity index (χ1n) is 6.13. The Morgan fingerprint density at radius 2 is 2.05 bits per heavy atom. The Morgan fingerprint density at radius 1 is 1.33 bits per heavy atom. The maximum absolute atomic E-state index is 13.7. The standard InChI is InChI=1S/C15H13BrClFINO/c1-20-15(8-3-4-13(19)11(17)5-8)9-6-10(16)12(18)7-14(9)21-2/h3-7,15,20H,1-2H3. The first-order chi connectivity index (χ1) is 9.97. The van der Waals surface area contributed by atoms with Gasteiger partial charge < -0.3 is 10.1 Å². The van der Waals surface area contributed by atoms with Crippen LogP contribution in [0.3, 0.4) is 0 Å². The fourth-order valence-electron chi connectivity index (χ4n) is 2.14. The summed E-state index contributed by atoms with van der Waals surface area (Å²) in [6.07, 6.45) is 0. The van der Waals surface area contributed by atoms with E-state index in [9.17, 15) is 4.39 Å². The van der Waals surface area contributed by atoms with Crippen LogP contribution in [0.1, 0.15) is 17.2 Å². The van der Waals surface area contributed by atoms with Crippen molar-refractivity contribution in [3.05, 3.63) is 60.3 Å². The van der Waals surface area contributed by atoms with Gasteiger partial charge in [-0.2, -0.15) is 0 Å². The average Bonchev–Trinajstić information content (AvgIpc) is 2.46. The molecule has 0 aliphatic carbocycles. The van der Waals surface area contributed by atoms with Crippen molar-refractivity contribution in [1.29, 1.82) is 0 Å². The van der Waals surface area contributed by atoms with Crippen LogP contribution in [0.2, 0.25) is 5.02 Å². The van der Waals surface area contributed by atoms with Crippen LogP contribution in [-0.2, 0) is 0 Å². The smallest absolute Gasteiger partial charge is 0.141 e. The zero-order chi connectivity index (χ0) is 15.6. The van der Waals surface area contributed by atoms with Gasteiger partial charge in [0.2, 0.25) is 0 Å². The first kappa shape index (κ1) is 17.0. The molecule has 0 radical (unpaired) electrons. The van der Waals surface area contributed by atoms with E-state index in [4.69, 9.17) is 16.3 Å². The Bertz CT molecular complexity index is 668. The van der Waals surface area contributed by atoms with Gasteiger partial charge in [-0.05, 0) is 69.3 Å². The summed E-state index contributed by atoms with van der Waals surface area (Å²) in [5.41, 5.74) is 1.82. The van der Waals surface area contributed by atoms with Crippen LogP contribution in [0.15, 0.2) is 34.8 Å². The number of hydrogen-bond acceptors (Lipinski definition) is 2. The van der Waals surface area contributed by atoms with Gasteiger partial charge in [0.1, 0.15) is 11.6 Å². The normalized spacial score (nSPS) is 12.3. The van der Waals surface area contributed by atoms with Gasteiger partial charge in [-0.25, -0.2) is 4.39 Å². The van der Waals surface area contributed by atoms with Crippen molar-refractivity contribution in [2.45, 2.75) is 6.04 Å². The van der Waals surface area contributed by atoms with E-state index >= 15 is 0 Å². The lowest BCUT2D eigenvalue weighted by Gasteiger charge is -2.21. The molecule has 1 N–H and O–H groups in total. The van der Waals surface area contributed by atoms with E-state index in [1.807, 2.05) is 25.2 Å². The van der Waals surface area contributed by atoms with E-state index in [1.165, 1.54) is 13.2 Å². The van der Waals surface area contributed by atoms with Crippen molar-refractivity contribution in [1.82, 2.24) is 5.32 Å². The van der Waals surface area contributed by atoms with Gasteiger partial charge >= 0.3 is 0 Å². The van der Waals surface area contributed by atoms with E-state index in [-0.39, 0.29) is 11.9 Å². The molecular formula is C15H13BrClFINO. The number of methoxy groups -OCH3 is 1. The van der Waals surface area contributed by atoms with Crippen LogP contribution >= 0.6 is 50.1 Å². The summed E-state index contributed by atoms with van der Waals surface area (Å²) >= 11 is 11.6. The van der Waals surface area contributed by atoms with Gasteiger partial charge in [-0.3, -0.25) is 0 Å². The fourth-order valence-corrected chi connectivity index (χ4v) is 3.03. The first-order valence-corrected chi connectivity index (χ1v) is 8.38. The SMILES string of the molecule is CNC(c1ccc(I)c(Cl)c1)c1cc(Br)c(F)cc1OC. The summed E-state index contributed by atoms with van der Waals surface area (Å²) in [6.45, 7) is 0. The number of rotatable bonds is 4. The second-order valence-electron chi connectivity index (χ2n) is 4.40. The molecule has 0 aliphatic rings. The van der Waals surface area contributed by atoms with Crippen LogP contribution in [0.25, 0.3) is 0 Å². The molecular weight excluding hydrogens is 471 g/mol. The number of nitrogens with one attached hydrogen (secondary N) is 1. The van der Waals surface area contributed by atoms with Crippen molar-refractivity contribution in [3.8, 4) is 5.75 Å². The van der Waals surface area contributed by atoms with Gasteiger partial charge in [-0.1, -0.05) is 17.7 Å². The molecule has 0 aromatic heterocycles. The Morgan fingerprint density at radius 3 is 2.62 bits per heavy atom. The summed E-state index contributed by atoms with van der Waals surface area (Å²) in [6, 6.07) is 8.80. The third-order valence-electron chi connectivity index (χ3n) is 3.15. The third-order valence-corrected chi connectivity index (χ3v) is 5.33. The van der Waals surface area contributed by atoms with Crippen LogP contribution in [0.4, 0.5) is 4.39 Å². The topological polar surface area (TPSA) is 21.3 Å². The summed E-state index contributed by atoms with van der Waals surface area (Å²) < 4.78 is 20.4. The molecule has 0 saturated heterocycles. The highest BCUT2D eigenvalue weighted by Crippen LogP contribution is 2.35. The molecule has 0 spiro atoms. The van der Waals surface area contributed by atoms with Crippen molar-refractivity contribution in [2.24, 2.45) is 0 Å². The van der Waals surface area contributed by atoms with Crippen LogP contribution in [0.5, 0.6) is 5.75 Å². The maximum Gasteiger partial charge on any atom is 0.141 e. The predicted octanol–water partition coefficient (Wildman–Crippen LogP) is 5.16. The van der Waals surface area contributed by atoms with Gasteiger partial charge in [0.05, 0.1) is 22.6 Å².